The molecular formula is C17H25ClN2O2. The first-order valence-electron chi connectivity index (χ1n) is 7.80. The number of benzene rings is 1. The van der Waals surface area contributed by atoms with Crippen LogP contribution in [0.4, 0.5) is 0 Å². The highest BCUT2D eigenvalue weighted by atomic mass is 35.5. The zero-order chi connectivity index (χ0) is 14.9. The molecule has 0 aliphatic heterocycles. The highest BCUT2D eigenvalue weighted by molar-refractivity contribution is 5.89. The molecule has 2 aliphatic carbocycles. The van der Waals surface area contributed by atoms with Gasteiger partial charge >= 0.3 is 0 Å². The molecule has 0 atom stereocenters. The van der Waals surface area contributed by atoms with Crippen LogP contribution in [0, 0.1) is 0 Å². The Kier molecular flexibility index (Phi) is 5.03. The maximum atomic E-state index is 12.1. The summed E-state index contributed by atoms with van der Waals surface area (Å²) in [6.07, 6.45) is 6.18. The van der Waals surface area contributed by atoms with Crippen molar-refractivity contribution in [2.75, 3.05) is 13.7 Å². The lowest BCUT2D eigenvalue weighted by Crippen LogP contribution is -2.47. The number of para-hydroxylation sites is 1. The first-order valence-corrected chi connectivity index (χ1v) is 7.80. The van der Waals surface area contributed by atoms with Gasteiger partial charge in [0.1, 0.15) is 5.75 Å². The minimum Gasteiger partial charge on any atom is -0.496 e. The van der Waals surface area contributed by atoms with Crippen molar-refractivity contribution >= 4 is 18.3 Å². The molecule has 3 N–H and O–H groups in total. The first kappa shape index (κ1) is 17.1. The Bertz CT molecular complexity index is 537. The topological polar surface area (TPSA) is 64.3 Å². The Labute approximate surface area is 138 Å². The van der Waals surface area contributed by atoms with Gasteiger partial charge in [-0.3, -0.25) is 4.79 Å². The molecule has 0 spiro atoms. The Hall–Kier alpha value is -1.26. The highest BCUT2D eigenvalue weighted by Gasteiger charge is 2.47. The summed E-state index contributed by atoms with van der Waals surface area (Å²) in [5, 5.41) is 3.10. The molecule has 0 radical (unpaired) electrons. The van der Waals surface area contributed by atoms with Gasteiger partial charge in [-0.15, -0.1) is 12.4 Å². The molecule has 0 saturated heterocycles. The number of carbonyl (C=O) groups is 1. The second-order valence-electron chi connectivity index (χ2n) is 6.53. The van der Waals surface area contributed by atoms with Crippen LogP contribution in [0.3, 0.4) is 0 Å². The highest BCUT2D eigenvalue weighted by Crippen LogP contribution is 2.44. The summed E-state index contributed by atoms with van der Waals surface area (Å²) in [4.78, 5) is 12.1. The van der Waals surface area contributed by atoms with Crippen LogP contribution < -0.4 is 15.8 Å². The van der Waals surface area contributed by atoms with Crippen LogP contribution in [0.1, 0.15) is 44.1 Å². The van der Waals surface area contributed by atoms with Crippen molar-refractivity contribution in [3.8, 4) is 5.75 Å². The quantitative estimate of drug-likeness (QED) is 0.874. The number of hydrogen-bond donors (Lipinski definition) is 2. The largest absolute Gasteiger partial charge is 0.496 e. The van der Waals surface area contributed by atoms with Crippen LogP contribution in [0.25, 0.3) is 0 Å². The number of ether oxygens (including phenoxy) is 1. The van der Waals surface area contributed by atoms with Crippen LogP contribution in [0.15, 0.2) is 24.3 Å². The second kappa shape index (κ2) is 6.47. The molecule has 4 nitrogen and oxygen atoms in total. The minimum atomic E-state index is -0.597. The number of methoxy groups -OCH3 is 1. The number of amides is 1. The summed E-state index contributed by atoms with van der Waals surface area (Å²) in [6, 6.07) is 8.17. The van der Waals surface area contributed by atoms with Gasteiger partial charge in [0.15, 0.2) is 0 Å². The minimum absolute atomic E-state index is 0. The van der Waals surface area contributed by atoms with Gasteiger partial charge in [-0.05, 0) is 31.7 Å². The fourth-order valence-corrected chi connectivity index (χ4v) is 3.46. The van der Waals surface area contributed by atoms with Gasteiger partial charge in [0.25, 0.3) is 0 Å². The van der Waals surface area contributed by atoms with Gasteiger partial charge in [0.05, 0.1) is 12.6 Å². The molecule has 1 aromatic rings. The molecule has 5 heteroatoms. The molecular weight excluding hydrogens is 300 g/mol. The van der Waals surface area contributed by atoms with Gasteiger partial charge in [-0.25, -0.2) is 0 Å². The summed E-state index contributed by atoms with van der Waals surface area (Å²) >= 11 is 0. The third-order valence-electron chi connectivity index (χ3n) is 5.07. The van der Waals surface area contributed by atoms with Crippen molar-refractivity contribution in [3.05, 3.63) is 29.8 Å². The average molecular weight is 325 g/mol. The predicted octanol–water partition coefficient (Wildman–Crippen LogP) is 2.54. The number of nitrogens with one attached hydrogen (secondary N) is 1. The lowest BCUT2D eigenvalue weighted by Gasteiger charge is -2.31. The zero-order valence-corrected chi connectivity index (χ0v) is 13.9. The monoisotopic (exact) mass is 324 g/mol. The van der Waals surface area contributed by atoms with Crippen LogP contribution in [-0.4, -0.2) is 25.1 Å². The third-order valence-corrected chi connectivity index (χ3v) is 5.07. The Morgan fingerprint density at radius 3 is 2.45 bits per heavy atom. The van der Waals surface area contributed by atoms with Gasteiger partial charge < -0.3 is 15.8 Å². The maximum Gasteiger partial charge on any atom is 0.240 e. The zero-order valence-electron chi connectivity index (χ0n) is 13.1. The molecule has 2 saturated carbocycles. The summed E-state index contributed by atoms with van der Waals surface area (Å²) < 4.78 is 5.53. The van der Waals surface area contributed by atoms with E-state index >= 15 is 0 Å². The van der Waals surface area contributed by atoms with Crippen molar-refractivity contribution in [2.24, 2.45) is 5.73 Å². The molecule has 0 bridgehead atoms. The van der Waals surface area contributed by atoms with E-state index in [2.05, 4.69) is 11.4 Å². The summed E-state index contributed by atoms with van der Waals surface area (Å²) in [6.45, 7) is 0.658. The third kappa shape index (κ3) is 3.08. The van der Waals surface area contributed by atoms with Crippen LogP contribution in [0.2, 0.25) is 0 Å². The lowest BCUT2D eigenvalue weighted by molar-refractivity contribution is -0.123. The molecule has 2 aliphatic rings. The van der Waals surface area contributed by atoms with E-state index in [1.54, 1.807) is 7.11 Å². The molecule has 2 fully saturated rings. The number of carbonyl (C=O) groups excluding carboxylic acids is 1. The lowest BCUT2D eigenvalue weighted by atomic mass is 9.78. The molecule has 122 valence electrons. The van der Waals surface area contributed by atoms with E-state index in [1.165, 1.54) is 18.4 Å². The van der Waals surface area contributed by atoms with Crippen molar-refractivity contribution in [2.45, 2.75) is 49.5 Å². The van der Waals surface area contributed by atoms with Gasteiger partial charge in [0.2, 0.25) is 5.91 Å². The van der Waals surface area contributed by atoms with Crippen molar-refractivity contribution < 1.29 is 9.53 Å². The van der Waals surface area contributed by atoms with Crippen LogP contribution in [-0.2, 0) is 10.2 Å². The number of halogens is 1. The Balaban J connectivity index is 0.00000176. The summed E-state index contributed by atoms with van der Waals surface area (Å²) in [5.41, 5.74) is 6.59. The van der Waals surface area contributed by atoms with E-state index in [-0.39, 0.29) is 23.7 Å². The molecule has 22 heavy (non-hydrogen) atoms. The van der Waals surface area contributed by atoms with E-state index in [0.29, 0.717) is 6.54 Å². The van der Waals surface area contributed by atoms with Crippen molar-refractivity contribution in [1.82, 2.24) is 5.32 Å². The molecule has 1 amide bonds. The molecule has 0 heterocycles. The smallest absolute Gasteiger partial charge is 0.240 e. The number of hydrogen-bond acceptors (Lipinski definition) is 3. The van der Waals surface area contributed by atoms with Gasteiger partial charge in [-0.2, -0.15) is 0 Å². The van der Waals surface area contributed by atoms with Gasteiger partial charge in [0, 0.05) is 17.5 Å². The normalized spacial score (nSPS) is 20.8. The van der Waals surface area contributed by atoms with Crippen LogP contribution in [0.5, 0.6) is 5.75 Å². The predicted molar refractivity (Wildman–Crippen MR) is 89.6 cm³/mol. The fourth-order valence-electron chi connectivity index (χ4n) is 3.46. The van der Waals surface area contributed by atoms with E-state index < -0.39 is 5.54 Å². The van der Waals surface area contributed by atoms with E-state index in [9.17, 15) is 4.79 Å². The van der Waals surface area contributed by atoms with E-state index in [0.717, 1.165) is 31.4 Å². The van der Waals surface area contributed by atoms with Crippen LogP contribution >= 0.6 is 12.4 Å². The molecule has 0 unspecified atom stereocenters. The van der Waals surface area contributed by atoms with Crippen molar-refractivity contribution in [3.63, 3.8) is 0 Å². The molecule has 3 rings (SSSR count). The second-order valence-corrected chi connectivity index (χ2v) is 6.53. The van der Waals surface area contributed by atoms with E-state index in [4.69, 9.17) is 10.5 Å². The number of nitrogens with two attached hydrogens (primary N) is 1. The fraction of sp³-hybridized carbons (Fsp3) is 0.588. The first-order chi connectivity index (χ1) is 10.1. The maximum absolute atomic E-state index is 12.1. The average Bonchev–Trinajstić information content (AvgIpc) is 3.10. The Morgan fingerprint density at radius 1 is 1.23 bits per heavy atom. The molecule has 1 aromatic carbocycles. The SMILES string of the molecule is COc1ccccc1C1(CNC(=O)C2(N)CC2)CCCC1.Cl. The molecule has 0 aromatic heterocycles. The Morgan fingerprint density at radius 2 is 1.86 bits per heavy atom. The summed E-state index contributed by atoms with van der Waals surface area (Å²) in [7, 11) is 1.71. The summed E-state index contributed by atoms with van der Waals surface area (Å²) in [5.74, 6) is 0.922. The van der Waals surface area contributed by atoms with Crippen molar-refractivity contribution in [1.29, 1.82) is 0 Å². The standard InChI is InChI=1S/C17H24N2O2.ClH/c1-21-14-7-3-2-6-13(14)16(8-4-5-9-16)12-19-15(20)17(18)10-11-17;/h2-3,6-7H,4-5,8-12,18H2,1H3,(H,19,20);1H. The van der Waals surface area contributed by atoms with Gasteiger partial charge in [-0.1, -0.05) is 31.0 Å². The van der Waals surface area contributed by atoms with E-state index in [1.807, 2.05) is 18.2 Å². The number of rotatable bonds is 5.